The van der Waals surface area contributed by atoms with Gasteiger partial charge in [-0.2, -0.15) is 0 Å². The van der Waals surface area contributed by atoms with Gasteiger partial charge in [-0.25, -0.2) is 4.98 Å². The van der Waals surface area contributed by atoms with Crippen LogP contribution in [-0.4, -0.2) is 4.98 Å². The minimum atomic E-state index is 0.631. The van der Waals surface area contributed by atoms with Crippen LogP contribution in [0.15, 0.2) is 45.5 Å². The van der Waals surface area contributed by atoms with Crippen LogP contribution < -0.4 is 11.1 Å². The fraction of sp³-hybridized carbons (Fsp3) is 0. The maximum absolute atomic E-state index is 5.62. The summed E-state index contributed by atoms with van der Waals surface area (Å²) in [5, 5.41) is 3.20. The highest BCUT2D eigenvalue weighted by molar-refractivity contribution is 9.10. The van der Waals surface area contributed by atoms with E-state index in [0.29, 0.717) is 5.69 Å². The highest BCUT2D eigenvalue weighted by Gasteiger charge is 2.02. The van der Waals surface area contributed by atoms with Crippen molar-refractivity contribution in [2.75, 3.05) is 11.1 Å². The summed E-state index contributed by atoms with van der Waals surface area (Å²) in [6, 6.07) is 9.68. The van der Waals surface area contributed by atoms with E-state index < -0.39 is 0 Å². The molecular weight excluding hydrogens is 334 g/mol. The van der Waals surface area contributed by atoms with E-state index in [-0.39, 0.29) is 0 Å². The highest BCUT2D eigenvalue weighted by atomic mass is 79.9. The van der Waals surface area contributed by atoms with Crippen molar-refractivity contribution in [3.8, 4) is 0 Å². The van der Waals surface area contributed by atoms with Crippen molar-refractivity contribution < 1.29 is 0 Å². The minimum Gasteiger partial charge on any atom is -0.397 e. The van der Waals surface area contributed by atoms with Gasteiger partial charge < -0.3 is 11.1 Å². The monoisotopic (exact) mass is 341 g/mol. The van der Waals surface area contributed by atoms with Crippen LogP contribution in [0.1, 0.15) is 0 Å². The summed E-state index contributed by atoms with van der Waals surface area (Å²) in [7, 11) is 0. The molecule has 0 fully saturated rings. The van der Waals surface area contributed by atoms with Crippen molar-refractivity contribution >= 4 is 49.1 Å². The molecule has 1 aromatic carbocycles. The summed E-state index contributed by atoms with van der Waals surface area (Å²) >= 11 is 6.82. The lowest BCUT2D eigenvalue weighted by Crippen LogP contribution is -1.96. The van der Waals surface area contributed by atoms with Crippen LogP contribution in [0.5, 0.6) is 0 Å². The van der Waals surface area contributed by atoms with Gasteiger partial charge in [-0.1, -0.05) is 22.0 Å². The molecule has 0 bridgehead atoms. The number of hydrogen-bond donors (Lipinski definition) is 2. The maximum Gasteiger partial charge on any atom is 0.144 e. The Bertz CT molecular complexity index is 514. The molecule has 82 valence electrons. The largest absolute Gasteiger partial charge is 0.397 e. The van der Waals surface area contributed by atoms with E-state index in [1.165, 1.54) is 0 Å². The molecule has 0 aliphatic heterocycles. The van der Waals surface area contributed by atoms with Crippen LogP contribution in [0.2, 0.25) is 0 Å². The molecule has 16 heavy (non-hydrogen) atoms. The standard InChI is InChI=1S/C11H9Br2N3/c12-7-2-1-3-9(4-7)16-11-10(13)5-8(14)6-15-11/h1-6H,14H2,(H,15,16). The summed E-state index contributed by atoms with van der Waals surface area (Å²) in [6.07, 6.45) is 1.62. The molecule has 0 aliphatic rings. The molecule has 0 aliphatic carbocycles. The third-order valence-electron chi connectivity index (χ3n) is 1.95. The Morgan fingerprint density at radius 2 is 2.00 bits per heavy atom. The molecule has 0 atom stereocenters. The lowest BCUT2D eigenvalue weighted by molar-refractivity contribution is 1.29. The van der Waals surface area contributed by atoms with E-state index in [9.17, 15) is 0 Å². The number of aromatic nitrogens is 1. The molecule has 0 radical (unpaired) electrons. The van der Waals surface area contributed by atoms with E-state index in [1.54, 1.807) is 6.20 Å². The predicted octanol–water partition coefficient (Wildman–Crippen LogP) is 3.93. The van der Waals surface area contributed by atoms with Gasteiger partial charge in [-0.05, 0) is 40.2 Å². The van der Waals surface area contributed by atoms with Gasteiger partial charge in [0.15, 0.2) is 0 Å². The summed E-state index contributed by atoms with van der Waals surface area (Å²) in [6.45, 7) is 0. The van der Waals surface area contributed by atoms with Crippen molar-refractivity contribution in [1.82, 2.24) is 4.98 Å². The molecule has 0 saturated carbocycles. The maximum atomic E-state index is 5.62. The fourth-order valence-corrected chi connectivity index (χ4v) is 2.11. The average molecular weight is 343 g/mol. The van der Waals surface area contributed by atoms with Crippen molar-refractivity contribution in [2.24, 2.45) is 0 Å². The first-order valence-corrected chi connectivity index (χ1v) is 6.17. The number of nitrogens with one attached hydrogen (secondary N) is 1. The Morgan fingerprint density at radius 1 is 1.19 bits per heavy atom. The topological polar surface area (TPSA) is 50.9 Å². The number of nitrogen functional groups attached to an aromatic ring is 1. The number of anilines is 3. The summed E-state index contributed by atoms with van der Waals surface area (Å²) in [5.74, 6) is 0.743. The molecule has 0 saturated heterocycles. The van der Waals surface area contributed by atoms with Crippen LogP contribution in [0.25, 0.3) is 0 Å². The van der Waals surface area contributed by atoms with Crippen LogP contribution >= 0.6 is 31.9 Å². The number of nitrogens with zero attached hydrogens (tertiary/aromatic N) is 1. The van der Waals surface area contributed by atoms with Gasteiger partial charge >= 0.3 is 0 Å². The lowest BCUT2D eigenvalue weighted by Gasteiger charge is -2.08. The van der Waals surface area contributed by atoms with Gasteiger partial charge in [0.25, 0.3) is 0 Å². The number of halogens is 2. The smallest absolute Gasteiger partial charge is 0.144 e. The van der Waals surface area contributed by atoms with Crippen molar-refractivity contribution in [3.05, 3.63) is 45.5 Å². The van der Waals surface area contributed by atoms with Crippen LogP contribution in [-0.2, 0) is 0 Å². The van der Waals surface area contributed by atoms with Crippen molar-refractivity contribution in [1.29, 1.82) is 0 Å². The summed E-state index contributed by atoms with van der Waals surface area (Å²) in [4.78, 5) is 4.20. The van der Waals surface area contributed by atoms with E-state index in [2.05, 4.69) is 42.2 Å². The Morgan fingerprint density at radius 3 is 2.69 bits per heavy atom. The number of pyridine rings is 1. The lowest BCUT2D eigenvalue weighted by atomic mass is 10.3. The zero-order valence-electron chi connectivity index (χ0n) is 8.24. The van der Waals surface area contributed by atoms with E-state index >= 15 is 0 Å². The molecule has 3 nitrogen and oxygen atoms in total. The molecule has 2 rings (SSSR count). The zero-order chi connectivity index (χ0) is 11.5. The zero-order valence-corrected chi connectivity index (χ0v) is 11.4. The molecule has 3 N–H and O–H groups in total. The second-order valence-electron chi connectivity index (χ2n) is 3.23. The summed E-state index contributed by atoms with van der Waals surface area (Å²) in [5.41, 5.74) is 7.21. The first-order chi connectivity index (χ1) is 7.65. The number of nitrogens with two attached hydrogens (primary N) is 1. The Labute approximate surface area is 110 Å². The normalized spacial score (nSPS) is 10.1. The molecule has 5 heteroatoms. The summed E-state index contributed by atoms with van der Waals surface area (Å²) < 4.78 is 1.86. The number of rotatable bonds is 2. The second kappa shape index (κ2) is 4.84. The average Bonchev–Trinajstić information content (AvgIpc) is 2.22. The van der Waals surface area contributed by atoms with E-state index in [4.69, 9.17) is 5.73 Å². The van der Waals surface area contributed by atoms with Gasteiger partial charge in [0, 0.05) is 10.2 Å². The Hall–Kier alpha value is -1.07. The van der Waals surface area contributed by atoms with E-state index in [0.717, 1.165) is 20.5 Å². The van der Waals surface area contributed by atoms with Gasteiger partial charge in [0.2, 0.25) is 0 Å². The predicted molar refractivity (Wildman–Crippen MR) is 73.8 cm³/mol. The first-order valence-electron chi connectivity index (χ1n) is 4.59. The van der Waals surface area contributed by atoms with Crippen LogP contribution in [0.4, 0.5) is 17.2 Å². The molecule has 1 heterocycles. The fourth-order valence-electron chi connectivity index (χ4n) is 1.25. The quantitative estimate of drug-likeness (QED) is 0.869. The molecule has 1 aromatic heterocycles. The third-order valence-corrected chi connectivity index (χ3v) is 3.05. The Balaban J connectivity index is 2.27. The molecule has 0 unspecified atom stereocenters. The van der Waals surface area contributed by atoms with Crippen molar-refractivity contribution in [2.45, 2.75) is 0 Å². The minimum absolute atomic E-state index is 0.631. The molecule has 0 amide bonds. The van der Waals surface area contributed by atoms with Crippen molar-refractivity contribution in [3.63, 3.8) is 0 Å². The Kier molecular flexibility index (Phi) is 3.46. The van der Waals surface area contributed by atoms with Gasteiger partial charge in [0.05, 0.1) is 16.4 Å². The van der Waals surface area contributed by atoms with Crippen LogP contribution in [0.3, 0.4) is 0 Å². The molecule has 2 aromatic rings. The molecule has 0 spiro atoms. The molecular formula is C11H9Br2N3. The SMILES string of the molecule is Nc1cnc(Nc2cccc(Br)c2)c(Br)c1. The number of benzene rings is 1. The highest BCUT2D eigenvalue weighted by Crippen LogP contribution is 2.26. The number of hydrogen-bond acceptors (Lipinski definition) is 3. The second-order valence-corrected chi connectivity index (χ2v) is 5.00. The van der Waals surface area contributed by atoms with Gasteiger partial charge in [-0.3, -0.25) is 0 Å². The van der Waals surface area contributed by atoms with Crippen LogP contribution in [0, 0.1) is 0 Å². The first kappa shape index (κ1) is 11.4. The van der Waals surface area contributed by atoms with E-state index in [1.807, 2.05) is 30.3 Å². The van der Waals surface area contributed by atoms with Gasteiger partial charge in [-0.15, -0.1) is 0 Å². The van der Waals surface area contributed by atoms with Gasteiger partial charge in [0.1, 0.15) is 5.82 Å². The third kappa shape index (κ3) is 2.74.